The maximum atomic E-state index is 13.1. The highest BCUT2D eigenvalue weighted by molar-refractivity contribution is 7.89. The van der Waals surface area contributed by atoms with Gasteiger partial charge >= 0.3 is 5.82 Å². The molecule has 0 amide bonds. The summed E-state index contributed by atoms with van der Waals surface area (Å²) in [6.07, 6.45) is 4.43. The van der Waals surface area contributed by atoms with Gasteiger partial charge in [-0.05, 0) is 23.5 Å². The summed E-state index contributed by atoms with van der Waals surface area (Å²) in [6, 6.07) is 3.03. The Morgan fingerprint density at radius 3 is 2.85 bits per heavy atom. The van der Waals surface area contributed by atoms with E-state index in [1.54, 1.807) is 31.5 Å². The highest BCUT2D eigenvalue weighted by Gasteiger charge is 2.40. The molecule has 0 radical (unpaired) electrons. The normalized spacial score (nSPS) is 18.3. The number of piperazine rings is 1. The number of hydrogen-bond acceptors (Lipinski definition) is 7. The molecule has 142 valence electrons. The summed E-state index contributed by atoms with van der Waals surface area (Å²) < 4.78 is 28.8. The van der Waals surface area contributed by atoms with Crippen molar-refractivity contribution in [1.82, 2.24) is 24.4 Å². The molecule has 26 heavy (non-hydrogen) atoms. The van der Waals surface area contributed by atoms with Gasteiger partial charge in [-0.25, -0.2) is 8.42 Å². The highest BCUT2D eigenvalue weighted by atomic mass is 35.5. The van der Waals surface area contributed by atoms with Gasteiger partial charge in [-0.2, -0.15) is 8.99 Å². The number of nitrogens with zero attached hydrogens (tertiary/aromatic N) is 5. The Morgan fingerprint density at radius 2 is 2.23 bits per heavy atom. The van der Waals surface area contributed by atoms with Crippen molar-refractivity contribution in [3.05, 3.63) is 46.4 Å². The van der Waals surface area contributed by atoms with E-state index in [1.807, 2.05) is 0 Å². The summed E-state index contributed by atoms with van der Waals surface area (Å²) in [6.45, 7) is 3.14. The SMILES string of the molecule is CCn1cc(S(=O)(=O)N2CCNCC2c2cccnc2)c([N+](=O)[O-])n1.Cl. The molecule has 0 saturated carbocycles. The van der Waals surface area contributed by atoms with Crippen LogP contribution in [0.2, 0.25) is 0 Å². The third kappa shape index (κ3) is 3.70. The Kier molecular flexibility index (Phi) is 6.29. The van der Waals surface area contributed by atoms with Crippen molar-refractivity contribution in [2.75, 3.05) is 19.6 Å². The maximum absolute atomic E-state index is 13.1. The van der Waals surface area contributed by atoms with E-state index < -0.39 is 26.8 Å². The van der Waals surface area contributed by atoms with E-state index in [1.165, 1.54) is 15.2 Å². The Labute approximate surface area is 156 Å². The van der Waals surface area contributed by atoms with Crippen molar-refractivity contribution in [1.29, 1.82) is 0 Å². The zero-order valence-corrected chi connectivity index (χ0v) is 15.6. The van der Waals surface area contributed by atoms with E-state index in [-0.39, 0.29) is 23.8 Å². The molecule has 10 nitrogen and oxygen atoms in total. The van der Waals surface area contributed by atoms with E-state index in [0.717, 1.165) is 5.56 Å². The summed E-state index contributed by atoms with van der Waals surface area (Å²) >= 11 is 0. The molecule has 0 bridgehead atoms. The van der Waals surface area contributed by atoms with E-state index in [2.05, 4.69) is 15.4 Å². The van der Waals surface area contributed by atoms with Crippen molar-refractivity contribution >= 4 is 28.2 Å². The van der Waals surface area contributed by atoms with Gasteiger partial charge in [0.1, 0.15) is 0 Å². The molecule has 0 aromatic carbocycles. The molecule has 3 heterocycles. The number of nitrogens with one attached hydrogen (secondary N) is 1. The smallest absolute Gasteiger partial charge is 0.358 e. The largest absolute Gasteiger partial charge is 0.410 e. The lowest BCUT2D eigenvalue weighted by atomic mass is 10.1. The molecule has 1 N–H and O–H groups in total. The van der Waals surface area contributed by atoms with Crippen molar-refractivity contribution in [3.8, 4) is 0 Å². The molecule has 2 aromatic heterocycles. The number of nitro groups is 1. The van der Waals surface area contributed by atoms with Crippen molar-refractivity contribution in [2.24, 2.45) is 0 Å². The van der Waals surface area contributed by atoms with Gasteiger partial charge < -0.3 is 15.4 Å². The van der Waals surface area contributed by atoms with Gasteiger partial charge in [0.2, 0.25) is 4.90 Å². The Bertz CT molecular complexity index is 873. The molecule has 1 atom stereocenters. The molecule has 2 aromatic rings. The van der Waals surface area contributed by atoms with Crippen LogP contribution in [0.15, 0.2) is 35.6 Å². The third-order valence-electron chi connectivity index (χ3n) is 4.06. The fourth-order valence-corrected chi connectivity index (χ4v) is 4.54. The second-order valence-electron chi connectivity index (χ2n) is 5.55. The van der Waals surface area contributed by atoms with Gasteiger partial charge in [0.25, 0.3) is 10.0 Å². The van der Waals surface area contributed by atoms with Crippen LogP contribution < -0.4 is 5.32 Å². The zero-order chi connectivity index (χ0) is 18.0. The predicted octanol–water partition coefficient (Wildman–Crippen LogP) is 0.963. The molecule has 0 spiro atoms. The molecule has 1 unspecified atom stereocenters. The number of rotatable bonds is 5. The average molecular weight is 403 g/mol. The third-order valence-corrected chi connectivity index (χ3v) is 5.96. The number of aromatic nitrogens is 3. The summed E-state index contributed by atoms with van der Waals surface area (Å²) in [5.41, 5.74) is 0.726. The van der Waals surface area contributed by atoms with Crippen LogP contribution in [0.5, 0.6) is 0 Å². The van der Waals surface area contributed by atoms with Gasteiger partial charge in [-0.3, -0.25) is 4.98 Å². The van der Waals surface area contributed by atoms with Crippen LogP contribution in [0.1, 0.15) is 18.5 Å². The van der Waals surface area contributed by atoms with Crippen LogP contribution in [-0.4, -0.2) is 52.0 Å². The van der Waals surface area contributed by atoms with E-state index >= 15 is 0 Å². The summed E-state index contributed by atoms with van der Waals surface area (Å²) in [4.78, 5) is 14.2. The molecule has 1 aliphatic heterocycles. The standard InChI is InChI=1S/C14H18N6O4S.ClH/c1-2-18-10-13(14(17-18)20(21)22)25(23,24)19-7-6-16-9-12(19)11-4-3-5-15-8-11;/h3-5,8,10,12,16H,2,6-7,9H2,1H3;1H. The van der Waals surface area contributed by atoms with Crippen LogP contribution in [0.25, 0.3) is 0 Å². The number of pyridine rings is 1. The zero-order valence-electron chi connectivity index (χ0n) is 14.0. The second-order valence-corrected chi connectivity index (χ2v) is 7.41. The van der Waals surface area contributed by atoms with E-state index in [0.29, 0.717) is 19.6 Å². The van der Waals surface area contributed by atoms with Crippen LogP contribution in [-0.2, 0) is 16.6 Å². The molecular weight excluding hydrogens is 384 g/mol. The van der Waals surface area contributed by atoms with E-state index in [4.69, 9.17) is 0 Å². The minimum Gasteiger partial charge on any atom is -0.358 e. The van der Waals surface area contributed by atoms with Gasteiger partial charge in [-0.1, -0.05) is 6.07 Å². The molecule has 12 heteroatoms. The predicted molar refractivity (Wildman–Crippen MR) is 95.5 cm³/mol. The Hall–Kier alpha value is -2.08. The monoisotopic (exact) mass is 402 g/mol. The van der Waals surface area contributed by atoms with Crippen LogP contribution in [0.3, 0.4) is 0 Å². The van der Waals surface area contributed by atoms with Gasteiger partial charge in [0.05, 0.1) is 23.9 Å². The highest BCUT2D eigenvalue weighted by Crippen LogP contribution is 2.32. The first-order chi connectivity index (χ1) is 11.9. The van der Waals surface area contributed by atoms with Gasteiger partial charge in [0, 0.05) is 32.0 Å². The molecule has 0 aliphatic carbocycles. The fraction of sp³-hybridized carbons (Fsp3) is 0.429. The van der Waals surface area contributed by atoms with Crippen molar-refractivity contribution in [3.63, 3.8) is 0 Å². The molecule has 3 rings (SSSR count). The minimum atomic E-state index is -4.08. The molecular formula is C14H19ClN6O4S. The van der Waals surface area contributed by atoms with E-state index in [9.17, 15) is 18.5 Å². The lowest BCUT2D eigenvalue weighted by molar-refractivity contribution is -0.392. The van der Waals surface area contributed by atoms with Crippen molar-refractivity contribution in [2.45, 2.75) is 24.4 Å². The topological polar surface area (TPSA) is 123 Å². The second kappa shape index (κ2) is 8.08. The molecule has 1 fully saturated rings. The maximum Gasteiger partial charge on any atom is 0.410 e. The number of halogens is 1. The fourth-order valence-electron chi connectivity index (χ4n) is 2.82. The first-order valence-corrected chi connectivity index (χ1v) is 9.23. The van der Waals surface area contributed by atoms with Crippen molar-refractivity contribution < 1.29 is 13.3 Å². The summed E-state index contributed by atoms with van der Waals surface area (Å²) in [7, 11) is -4.08. The van der Waals surface area contributed by atoms with Crippen LogP contribution in [0.4, 0.5) is 5.82 Å². The first kappa shape index (κ1) is 20.2. The quantitative estimate of drug-likeness (QED) is 0.583. The lowest BCUT2D eigenvalue weighted by Crippen LogP contribution is -2.48. The Morgan fingerprint density at radius 1 is 1.46 bits per heavy atom. The number of sulfonamides is 1. The van der Waals surface area contributed by atoms with Crippen LogP contribution in [0, 0.1) is 10.1 Å². The molecule has 1 aliphatic rings. The summed E-state index contributed by atoms with van der Waals surface area (Å²) in [5, 5.41) is 18.2. The van der Waals surface area contributed by atoms with Gasteiger partial charge in [0.15, 0.2) is 0 Å². The number of hydrogen-bond donors (Lipinski definition) is 1. The Balaban J connectivity index is 0.00000243. The van der Waals surface area contributed by atoms with Crippen LogP contribution >= 0.6 is 12.4 Å². The van der Waals surface area contributed by atoms with Gasteiger partial charge in [-0.15, -0.1) is 12.4 Å². The average Bonchev–Trinajstić information content (AvgIpc) is 3.08. The molecule has 1 saturated heterocycles. The minimum absolute atomic E-state index is 0. The first-order valence-electron chi connectivity index (χ1n) is 7.79. The number of aryl methyl sites for hydroxylation is 1. The lowest BCUT2D eigenvalue weighted by Gasteiger charge is -2.34. The summed E-state index contributed by atoms with van der Waals surface area (Å²) in [5.74, 6) is -0.648.